The van der Waals surface area contributed by atoms with Crippen LogP contribution in [0.15, 0.2) is 0 Å². The summed E-state index contributed by atoms with van der Waals surface area (Å²) in [6.07, 6.45) is -7.08. The first-order valence-electron chi connectivity index (χ1n) is 40.6. The summed E-state index contributed by atoms with van der Waals surface area (Å²) in [5.41, 5.74) is -1.62. The molecular weight excluding hydrogens is 1560 g/mol. The van der Waals surface area contributed by atoms with E-state index in [0.717, 1.165) is 12.5 Å². The fraction of sp³-hybridized carbons (Fsp3) is 0.987. The summed E-state index contributed by atoms with van der Waals surface area (Å²) in [7, 11) is -3.49. The Morgan fingerprint density at radius 3 is 0.991 bits per heavy atom. The molecule has 31 atom stereocenters. The molecule has 0 saturated carbocycles. The van der Waals surface area contributed by atoms with E-state index in [2.05, 4.69) is 6.92 Å². The number of carbonyl (C=O) groups excluding carboxylic acids is 1. The largest absolute Gasteiger partial charge is 0.394 e. The summed E-state index contributed by atoms with van der Waals surface area (Å²) in [6.45, 7) is 49.3. The zero-order valence-corrected chi connectivity index (χ0v) is 73.1. The molecule has 0 amide bonds. The molecule has 6 N–H and O–H groups in total. The molecule has 37 nitrogen and oxygen atoms in total. The van der Waals surface area contributed by atoms with Crippen LogP contribution in [0.2, 0.25) is 0 Å². The van der Waals surface area contributed by atoms with Crippen molar-refractivity contribution in [3.05, 3.63) is 0 Å². The number of aldehydes is 1. The van der Waals surface area contributed by atoms with Crippen LogP contribution in [-0.4, -0.2) is 321 Å². The van der Waals surface area contributed by atoms with E-state index in [1.54, 1.807) is 27.7 Å². The van der Waals surface area contributed by atoms with Crippen LogP contribution in [-0.2, 0) is 147 Å². The normalized spacial score (nSPS) is 46.4. The summed E-state index contributed by atoms with van der Waals surface area (Å²) in [5.74, 6) is -6.08. The Bertz CT molecular complexity index is 3230. The fourth-order valence-electron chi connectivity index (χ4n) is 17.4. The van der Waals surface area contributed by atoms with Gasteiger partial charge in [-0.25, -0.2) is 0 Å². The van der Waals surface area contributed by atoms with Crippen molar-refractivity contribution in [3.63, 3.8) is 0 Å². The van der Waals surface area contributed by atoms with Crippen LogP contribution in [0.25, 0.3) is 0 Å². The summed E-state index contributed by atoms with van der Waals surface area (Å²) in [6, 6.07) is 0. The monoisotopic (exact) mass is 1690 g/mol. The lowest BCUT2D eigenvalue weighted by Gasteiger charge is -2.33. The molecule has 17 heterocycles. The van der Waals surface area contributed by atoms with Crippen LogP contribution in [0.1, 0.15) is 186 Å². The molecule has 0 aliphatic carbocycles. The lowest BCUT2D eigenvalue weighted by molar-refractivity contribution is -0.244. The second-order valence-electron chi connectivity index (χ2n) is 37.4. The molecule has 17 saturated heterocycles. The summed E-state index contributed by atoms with van der Waals surface area (Å²) >= 11 is 0. The van der Waals surface area contributed by atoms with Gasteiger partial charge in [0.15, 0.2) is 102 Å². The zero-order chi connectivity index (χ0) is 86.0. The second kappa shape index (κ2) is 34.5. The molecule has 674 valence electrons. The standard InChI is InChI=1S/C13H22O5.C12H22O6S.2C12H20O6.2C10H18O5.C9H14O4/c1-7-9(8-6-14-12(2,3)16-8)15-11-10(7)17-13(4,5)18-11;1-6-12(7-15-19(5,13)14)8(2)9-10(18-12)17-11(3,4)16-9;2*1-11(2)14-5-6(16-11)8-7(13)9-10(15-8)18-12(3,4)17-9;1-6-7-8(14-9(2,3)13-7)15-10(6,4-11)5-12;1-5-7(6(12)4-11)13-9-8(5)14-10(2,3)15-9;1-5-6(4-10)11-8-7(5)12-9(2,3)13-8/h7-11H,6H2,1-5H3;8-10H,6-7H2,1-5H3;2*6-10,13H,5H2,1-4H3;6-8,11-12H,4-5H2,1-3H3;5-9,11-12H,4H2,1-3H3;4-8H,1-3H3/t7-,8?,9+,10-,11-;8-,9+,10-,12?;6?,7-,8+,9+,10+;6?,7-,8-,9-,10-;6-,7+,8-;5-,6?,7+,8-,9-;5-,6-,7-,8-/m1001011/s1. The van der Waals surface area contributed by atoms with Crippen LogP contribution >= 0.6 is 0 Å². The molecule has 0 aromatic rings. The summed E-state index contributed by atoms with van der Waals surface area (Å²) in [4.78, 5) is 10.6. The van der Waals surface area contributed by atoms with E-state index < -0.39 is 159 Å². The third-order valence-electron chi connectivity index (χ3n) is 23.4. The average molecular weight is 1700 g/mol. The van der Waals surface area contributed by atoms with E-state index in [9.17, 15) is 38.7 Å². The molecule has 0 spiro atoms. The second-order valence-corrected chi connectivity index (χ2v) is 39.1. The molecule has 17 rings (SSSR count). The summed E-state index contributed by atoms with van der Waals surface area (Å²) < 4.78 is 180. The molecule has 0 radical (unpaired) electrons. The quantitative estimate of drug-likeness (QED) is 0.118. The SMILES string of the molecule is CC1(C)OCC([C@H]2O[C@@H]3OC(C)(C)O[C@@H]3[C@@H]2O)O1.CC1(C)OCC([C@H]2O[C@@H]3OC(C)(C)O[C@@H]3[C@H]2O)O1.CCC1(COS(C)(=O)=O)O[C@@H]2OC(C)(C)O[C@@H]2[C@@H]1C.C[C@H]1[C@H]2OC(C)(C)O[C@H]2OC1(CO)CO.C[C@H]1[C@H]2OC(C)(C)O[C@H]2O[C@@H]1C(O)CO.C[C@H]1[C@H]2OC(C)(C)O[C@H]2O[C@@H]1C1COC(C)(C)O1.C[C@H]1[C@H]2OC(C)(C)O[C@H]2O[C@@H]1C=O. The minimum atomic E-state index is -3.49. The highest BCUT2D eigenvalue weighted by molar-refractivity contribution is 7.86. The van der Waals surface area contributed by atoms with Crippen molar-refractivity contribution in [3.8, 4) is 0 Å². The minimum absolute atomic E-state index is 0.00831. The van der Waals surface area contributed by atoms with Crippen molar-refractivity contribution in [1.29, 1.82) is 0 Å². The number of hydrogen-bond acceptors (Lipinski definition) is 37. The molecule has 17 aliphatic rings. The third kappa shape index (κ3) is 21.3. The van der Waals surface area contributed by atoms with Crippen molar-refractivity contribution in [2.45, 2.75) is 409 Å². The topological polar surface area (TPSA) is 431 Å². The van der Waals surface area contributed by atoms with Gasteiger partial charge in [-0.3, -0.25) is 4.18 Å². The minimum Gasteiger partial charge on any atom is -0.394 e. The van der Waals surface area contributed by atoms with Crippen LogP contribution < -0.4 is 0 Å². The first kappa shape index (κ1) is 94.9. The van der Waals surface area contributed by atoms with Crippen LogP contribution in [0, 0.1) is 29.6 Å². The van der Waals surface area contributed by atoms with E-state index in [4.69, 9.17) is 137 Å². The maximum atomic E-state index is 11.2. The maximum Gasteiger partial charge on any atom is 0.264 e. The lowest BCUT2D eigenvalue weighted by Crippen LogP contribution is -2.45. The molecule has 116 heavy (non-hydrogen) atoms. The third-order valence-corrected chi connectivity index (χ3v) is 24.0. The number of aliphatic hydroxyl groups is 6. The number of fused-ring (bicyclic) bond motifs is 7. The van der Waals surface area contributed by atoms with Crippen molar-refractivity contribution < 1.29 is 176 Å². The molecule has 0 aromatic carbocycles. The molecular formula is C78H134O37S. The Labute approximate surface area is 681 Å². The Morgan fingerprint density at radius 1 is 0.371 bits per heavy atom. The van der Waals surface area contributed by atoms with Crippen molar-refractivity contribution in [2.24, 2.45) is 29.6 Å². The number of hydrogen-bond donors (Lipinski definition) is 6. The Kier molecular flexibility index (Phi) is 28.3. The first-order chi connectivity index (χ1) is 53.3. The van der Waals surface area contributed by atoms with E-state index in [1.165, 1.54) is 0 Å². The molecule has 0 aromatic heterocycles. The number of ether oxygens (including phenoxy) is 27. The Balaban J connectivity index is 0.000000133. The van der Waals surface area contributed by atoms with Gasteiger partial charge in [0, 0.05) is 29.6 Å². The first-order valence-corrected chi connectivity index (χ1v) is 42.4. The zero-order valence-electron chi connectivity index (χ0n) is 72.3. The van der Waals surface area contributed by atoms with Gasteiger partial charge in [0.1, 0.15) is 115 Å². The molecule has 0 bridgehead atoms. The smallest absolute Gasteiger partial charge is 0.264 e. The fourth-order valence-corrected chi connectivity index (χ4v) is 17.8. The molecule has 17 fully saturated rings. The predicted octanol–water partition coefficient (Wildman–Crippen LogP) is 4.06. The van der Waals surface area contributed by atoms with Gasteiger partial charge >= 0.3 is 0 Å². The Hall–Kier alpha value is -1.74. The van der Waals surface area contributed by atoms with Gasteiger partial charge in [-0.15, -0.1) is 0 Å². The number of rotatable bonds is 12. The predicted molar refractivity (Wildman–Crippen MR) is 396 cm³/mol. The number of carbonyl (C=O) groups is 1. The van der Waals surface area contributed by atoms with Crippen molar-refractivity contribution >= 4 is 16.4 Å². The van der Waals surface area contributed by atoms with Gasteiger partial charge < -0.3 is 163 Å². The Morgan fingerprint density at radius 2 is 0.681 bits per heavy atom. The molecule has 5 unspecified atom stereocenters. The molecule has 38 heteroatoms. The highest BCUT2D eigenvalue weighted by Gasteiger charge is 2.65. The highest BCUT2D eigenvalue weighted by atomic mass is 32.2. The lowest BCUT2D eigenvalue weighted by atomic mass is 9.86. The highest BCUT2D eigenvalue weighted by Crippen LogP contribution is 2.51. The van der Waals surface area contributed by atoms with Crippen LogP contribution in [0.5, 0.6) is 0 Å². The van der Waals surface area contributed by atoms with Crippen molar-refractivity contribution in [1.82, 2.24) is 0 Å². The van der Waals surface area contributed by atoms with Gasteiger partial charge in [-0.05, 0) is 145 Å². The number of aliphatic hydroxyl groups excluding tert-OH is 6. The average Bonchev–Trinajstić information content (AvgIpc) is 1.61. The van der Waals surface area contributed by atoms with E-state index in [-0.39, 0.29) is 130 Å². The van der Waals surface area contributed by atoms with Gasteiger partial charge in [-0.2, -0.15) is 8.42 Å². The van der Waals surface area contributed by atoms with Gasteiger partial charge in [0.2, 0.25) is 0 Å². The summed E-state index contributed by atoms with van der Waals surface area (Å²) in [5, 5.41) is 57.5. The maximum absolute atomic E-state index is 11.2. The van der Waals surface area contributed by atoms with E-state index >= 15 is 0 Å². The molecule has 17 aliphatic heterocycles. The van der Waals surface area contributed by atoms with Gasteiger partial charge in [-0.1, -0.05) is 41.5 Å². The van der Waals surface area contributed by atoms with Crippen LogP contribution in [0.4, 0.5) is 0 Å². The van der Waals surface area contributed by atoms with Crippen LogP contribution in [0.3, 0.4) is 0 Å². The van der Waals surface area contributed by atoms with Gasteiger partial charge in [0.25, 0.3) is 10.1 Å². The van der Waals surface area contributed by atoms with Gasteiger partial charge in [0.05, 0.1) is 64.7 Å². The van der Waals surface area contributed by atoms with Crippen molar-refractivity contribution in [2.75, 3.05) is 52.5 Å². The van der Waals surface area contributed by atoms with E-state index in [1.807, 2.05) is 145 Å². The van der Waals surface area contributed by atoms with E-state index in [0.29, 0.717) is 26.2 Å².